The fraction of sp³-hybridized carbons (Fsp3) is 0.682. The molecule has 1 fully saturated rings. The Morgan fingerprint density at radius 3 is 2.50 bits per heavy atom. The minimum atomic E-state index is -0.778. The maximum Gasteiger partial charge on any atom is 0.303 e. The van der Waals surface area contributed by atoms with E-state index in [4.69, 9.17) is 9.84 Å². The Kier molecular flexibility index (Phi) is 10.5. The lowest BCUT2D eigenvalue weighted by atomic mass is 9.84. The summed E-state index contributed by atoms with van der Waals surface area (Å²) in [6.07, 6.45) is 4.65. The second-order valence-electron chi connectivity index (χ2n) is 8.21. The van der Waals surface area contributed by atoms with Crippen LogP contribution in [0.4, 0.5) is 4.39 Å². The molecule has 1 aromatic carbocycles. The molecule has 0 aromatic heterocycles. The predicted octanol–water partition coefficient (Wildman–Crippen LogP) is 3.12. The first-order valence-corrected chi connectivity index (χ1v) is 10.8. The van der Waals surface area contributed by atoms with Gasteiger partial charge in [-0.3, -0.25) is 4.79 Å². The number of hydrogen-bond acceptors (Lipinski definition) is 6. The average molecular weight is 428 g/mol. The number of carboxylic acids is 1. The smallest absolute Gasteiger partial charge is 0.303 e. The van der Waals surface area contributed by atoms with Crippen molar-refractivity contribution in [2.24, 2.45) is 11.8 Å². The van der Waals surface area contributed by atoms with Crippen LogP contribution in [0.25, 0.3) is 0 Å². The van der Waals surface area contributed by atoms with E-state index in [0.29, 0.717) is 31.4 Å². The van der Waals surface area contributed by atoms with Gasteiger partial charge in [0, 0.05) is 12.5 Å². The van der Waals surface area contributed by atoms with Crippen LogP contribution in [0, 0.1) is 17.7 Å². The van der Waals surface area contributed by atoms with Crippen molar-refractivity contribution in [2.45, 2.75) is 76.0 Å². The zero-order chi connectivity index (χ0) is 21.9. The zero-order valence-corrected chi connectivity index (χ0v) is 17.3. The number of hydrogen-bond donors (Lipinski definition) is 5. The van der Waals surface area contributed by atoms with E-state index < -0.39 is 18.2 Å². The lowest BCUT2D eigenvalue weighted by Crippen LogP contribution is -2.33. The summed E-state index contributed by atoms with van der Waals surface area (Å²) in [5.74, 6) is -0.579. The first kappa shape index (κ1) is 24.5. The highest BCUT2D eigenvalue weighted by Crippen LogP contribution is 2.39. The number of aliphatic hydroxyl groups excluding tert-OH is 2. The summed E-state index contributed by atoms with van der Waals surface area (Å²) in [4.78, 5) is 10.6. The van der Waals surface area contributed by atoms with Gasteiger partial charge in [-0.25, -0.2) is 9.87 Å². The van der Waals surface area contributed by atoms with Gasteiger partial charge in [0.05, 0.1) is 12.2 Å². The molecule has 30 heavy (non-hydrogen) atoms. The van der Waals surface area contributed by atoms with Crippen LogP contribution in [0.5, 0.6) is 5.75 Å². The number of aliphatic hydroxyl groups is 2. The Balaban J connectivity index is 1.75. The molecule has 170 valence electrons. The Bertz CT molecular complexity index is 629. The number of hydroxylamine groups is 1. The maximum absolute atomic E-state index is 12.9. The Morgan fingerprint density at radius 1 is 1.13 bits per heavy atom. The quantitative estimate of drug-likeness (QED) is 0.229. The average Bonchev–Trinajstić information content (AvgIpc) is 3.03. The number of halogens is 1. The van der Waals surface area contributed by atoms with Gasteiger partial charge in [0.2, 0.25) is 0 Å². The van der Waals surface area contributed by atoms with Crippen LogP contribution in [-0.4, -0.2) is 51.4 Å². The SMILES string of the molecule is O=C(O)CCCCCC[C@H]1[C@@H](O)CC(NO)[C@@H]1CC[C@@H](O)COc1ccc(F)cc1. The number of benzene rings is 1. The molecule has 1 unspecified atom stereocenters. The number of rotatable bonds is 14. The minimum absolute atomic E-state index is 0.0272. The third-order valence-electron chi connectivity index (χ3n) is 5.99. The number of carbonyl (C=O) groups is 1. The number of aliphatic carboxylic acids is 1. The predicted molar refractivity (Wildman–Crippen MR) is 109 cm³/mol. The van der Waals surface area contributed by atoms with Gasteiger partial charge in [-0.05, 0) is 68.2 Å². The molecule has 0 aliphatic heterocycles. The molecule has 0 saturated heterocycles. The van der Waals surface area contributed by atoms with Gasteiger partial charge in [-0.1, -0.05) is 19.3 Å². The van der Waals surface area contributed by atoms with E-state index in [1.165, 1.54) is 24.3 Å². The summed E-state index contributed by atoms with van der Waals surface area (Å²) in [5.41, 5.74) is 2.31. The molecule has 1 aromatic rings. The van der Waals surface area contributed by atoms with Gasteiger partial charge >= 0.3 is 5.97 Å². The molecule has 1 aliphatic carbocycles. The van der Waals surface area contributed by atoms with E-state index in [-0.39, 0.29) is 36.7 Å². The maximum atomic E-state index is 12.9. The number of carboxylic acid groups (broad SMARTS) is 1. The molecular formula is C22H34FNO6. The molecule has 7 nitrogen and oxygen atoms in total. The highest BCUT2D eigenvalue weighted by molar-refractivity contribution is 5.66. The van der Waals surface area contributed by atoms with Crippen molar-refractivity contribution < 1.29 is 34.4 Å². The largest absolute Gasteiger partial charge is 0.491 e. The first-order chi connectivity index (χ1) is 14.4. The van der Waals surface area contributed by atoms with Crippen molar-refractivity contribution in [1.82, 2.24) is 5.48 Å². The highest BCUT2D eigenvalue weighted by atomic mass is 19.1. The zero-order valence-electron chi connectivity index (χ0n) is 17.3. The van der Waals surface area contributed by atoms with Crippen LogP contribution >= 0.6 is 0 Å². The number of nitrogens with one attached hydrogen (secondary N) is 1. The monoisotopic (exact) mass is 427 g/mol. The molecule has 8 heteroatoms. The molecule has 0 amide bonds. The second-order valence-corrected chi connectivity index (χ2v) is 8.21. The number of ether oxygens (including phenoxy) is 1. The molecule has 0 radical (unpaired) electrons. The fourth-order valence-corrected chi connectivity index (χ4v) is 4.36. The summed E-state index contributed by atoms with van der Waals surface area (Å²) in [5, 5.41) is 38.8. The van der Waals surface area contributed by atoms with Crippen molar-refractivity contribution in [3.63, 3.8) is 0 Å². The molecular weight excluding hydrogens is 393 g/mol. The molecule has 0 bridgehead atoms. The number of unbranched alkanes of at least 4 members (excludes halogenated alkanes) is 3. The van der Waals surface area contributed by atoms with Crippen molar-refractivity contribution in [2.75, 3.05) is 6.61 Å². The molecule has 0 heterocycles. The van der Waals surface area contributed by atoms with Crippen molar-refractivity contribution >= 4 is 5.97 Å². The van der Waals surface area contributed by atoms with Crippen LogP contribution < -0.4 is 10.2 Å². The summed E-state index contributed by atoms with van der Waals surface area (Å²) in [7, 11) is 0. The fourth-order valence-electron chi connectivity index (χ4n) is 4.36. The Morgan fingerprint density at radius 2 is 1.83 bits per heavy atom. The standard InChI is InChI=1S/C22H34FNO6/c23-15-7-10-17(11-8-15)30-14-16(25)9-12-18-19(21(26)13-20(18)24-29)5-3-1-2-4-6-22(27)28/h7-8,10-11,16,18-21,24-26,29H,1-6,9,12-14H2,(H,27,28)/t16-,18-,19-,20?,21+/m1/s1. The van der Waals surface area contributed by atoms with E-state index >= 15 is 0 Å². The lowest BCUT2D eigenvalue weighted by Gasteiger charge is -2.26. The molecule has 1 aliphatic rings. The van der Waals surface area contributed by atoms with E-state index in [1.54, 1.807) is 0 Å². The molecule has 1 saturated carbocycles. The summed E-state index contributed by atoms with van der Waals surface area (Å²) in [6, 6.07) is 5.39. The highest BCUT2D eigenvalue weighted by Gasteiger charge is 2.41. The van der Waals surface area contributed by atoms with E-state index in [1.807, 2.05) is 0 Å². The Hall–Kier alpha value is -1.74. The van der Waals surface area contributed by atoms with Crippen LogP contribution in [0.15, 0.2) is 24.3 Å². The normalized spacial score (nSPS) is 24.7. The molecule has 0 spiro atoms. The van der Waals surface area contributed by atoms with Gasteiger partial charge in [-0.15, -0.1) is 0 Å². The van der Waals surface area contributed by atoms with Crippen molar-refractivity contribution in [3.05, 3.63) is 30.1 Å². The third kappa shape index (κ3) is 8.18. The minimum Gasteiger partial charge on any atom is -0.491 e. The Labute approximate surface area is 176 Å². The topological polar surface area (TPSA) is 119 Å². The van der Waals surface area contributed by atoms with Gasteiger partial charge < -0.3 is 25.3 Å². The van der Waals surface area contributed by atoms with Crippen LogP contribution in [0.2, 0.25) is 0 Å². The summed E-state index contributed by atoms with van der Waals surface area (Å²) >= 11 is 0. The van der Waals surface area contributed by atoms with E-state index in [9.17, 15) is 24.6 Å². The molecule has 5 N–H and O–H groups in total. The first-order valence-electron chi connectivity index (χ1n) is 10.8. The molecule has 2 rings (SSSR count). The van der Waals surface area contributed by atoms with Gasteiger partial charge in [0.25, 0.3) is 0 Å². The van der Waals surface area contributed by atoms with E-state index in [2.05, 4.69) is 5.48 Å². The van der Waals surface area contributed by atoms with Crippen LogP contribution in [0.1, 0.15) is 57.8 Å². The third-order valence-corrected chi connectivity index (χ3v) is 5.99. The summed E-state index contributed by atoms with van der Waals surface area (Å²) in [6.45, 7) is 0.0897. The van der Waals surface area contributed by atoms with Crippen molar-refractivity contribution in [3.8, 4) is 5.75 Å². The summed E-state index contributed by atoms with van der Waals surface area (Å²) < 4.78 is 18.4. The van der Waals surface area contributed by atoms with Crippen molar-refractivity contribution in [1.29, 1.82) is 0 Å². The van der Waals surface area contributed by atoms with Gasteiger partial charge in [0.15, 0.2) is 0 Å². The van der Waals surface area contributed by atoms with Crippen LogP contribution in [0.3, 0.4) is 0 Å². The second kappa shape index (κ2) is 12.8. The van der Waals surface area contributed by atoms with Gasteiger partial charge in [-0.2, -0.15) is 0 Å². The van der Waals surface area contributed by atoms with E-state index in [0.717, 1.165) is 25.7 Å². The molecule has 5 atom stereocenters. The van der Waals surface area contributed by atoms with Crippen LogP contribution in [-0.2, 0) is 4.79 Å². The lowest BCUT2D eigenvalue weighted by molar-refractivity contribution is -0.137. The van der Waals surface area contributed by atoms with Gasteiger partial charge in [0.1, 0.15) is 18.2 Å².